The molecule has 0 radical (unpaired) electrons. The lowest BCUT2D eigenvalue weighted by molar-refractivity contribution is 0.209. The molecule has 2 heteroatoms. The molecule has 66 valence electrons. The average molecular weight is 159 g/mol. The Bertz CT molecular complexity index is 125. The number of hydrogen-bond acceptors (Lipinski definition) is 1. The fourth-order valence-electron chi connectivity index (χ4n) is 2.00. The summed E-state index contributed by atoms with van der Waals surface area (Å²) >= 11 is 0. The lowest BCUT2D eigenvalue weighted by Gasteiger charge is -2.25. The summed E-state index contributed by atoms with van der Waals surface area (Å²) in [5.74, 6) is 0.299. The van der Waals surface area contributed by atoms with Crippen LogP contribution < -0.4 is 0 Å². The summed E-state index contributed by atoms with van der Waals surface area (Å²) in [5, 5.41) is 0. The van der Waals surface area contributed by atoms with Crippen molar-refractivity contribution in [2.45, 2.75) is 39.3 Å². The first kappa shape index (κ1) is 8.98. The normalized spacial score (nSPS) is 33.5. The van der Waals surface area contributed by atoms with Gasteiger partial charge in [-0.05, 0) is 27.2 Å². The molecule has 1 heterocycles. The molecule has 1 aliphatic rings. The fourth-order valence-corrected chi connectivity index (χ4v) is 2.00. The number of halogens is 1. The van der Waals surface area contributed by atoms with Crippen molar-refractivity contribution in [3.63, 3.8) is 0 Å². The van der Waals surface area contributed by atoms with Gasteiger partial charge in [0.2, 0.25) is 0 Å². The van der Waals surface area contributed by atoms with Gasteiger partial charge in [0, 0.05) is 24.5 Å². The number of rotatable bonds is 2. The quantitative estimate of drug-likeness (QED) is 0.596. The second-order valence-electron chi connectivity index (χ2n) is 3.90. The van der Waals surface area contributed by atoms with Gasteiger partial charge in [0.25, 0.3) is 0 Å². The summed E-state index contributed by atoms with van der Waals surface area (Å²) < 4.78 is 12.3. The van der Waals surface area contributed by atoms with Crippen molar-refractivity contribution in [2.24, 2.45) is 5.92 Å². The van der Waals surface area contributed by atoms with Crippen molar-refractivity contribution >= 4 is 0 Å². The van der Waals surface area contributed by atoms with Crippen LogP contribution in [-0.2, 0) is 0 Å². The van der Waals surface area contributed by atoms with E-state index in [1.807, 2.05) is 0 Å². The minimum atomic E-state index is -0.145. The van der Waals surface area contributed by atoms with E-state index >= 15 is 0 Å². The largest absolute Gasteiger partial charge is 0.298 e. The monoisotopic (exact) mass is 159 g/mol. The van der Waals surface area contributed by atoms with Crippen LogP contribution in [0, 0.1) is 5.92 Å². The predicted octanol–water partition coefficient (Wildman–Crippen LogP) is 2.07. The zero-order valence-electron chi connectivity index (χ0n) is 7.68. The third-order valence-electron chi connectivity index (χ3n) is 2.59. The zero-order valence-corrected chi connectivity index (χ0v) is 7.68. The molecule has 2 atom stereocenters. The second-order valence-corrected chi connectivity index (χ2v) is 3.90. The van der Waals surface area contributed by atoms with Crippen LogP contribution in [-0.4, -0.2) is 30.2 Å². The molecule has 0 amide bonds. The highest BCUT2D eigenvalue weighted by Gasteiger charge is 2.29. The molecule has 0 aliphatic carbocycles. The lowest BCUT2D eigenvalue weighted by atomic mass is 10.1. The van der Waals surface area contributed by atoms with Crippen molar-refractivity contribution in [3.05, 3.63) is 0 Å². The maximum Gasteiger partial charge on any atom is 0.0935 e. The molecule has 0 saturated carbocycles. The van der Waals surface area contributed by atoms with E-state index in [-0.39, 0.29) is 6.67 Å². The average Bonchev–Trinajstić information content (AvgIpc) is 2.30. The smallest absolute Gasteiger partial charge is 0.0935 e. The molecule has 1 saturated heterocycles. The van der Waals surface area contributed by atoms with Gasteiger partial charge in [0.05, 0.1) is 6.67 Å². The molecular formula is C9H18FN. The Morgan fingerprint density at radius 1 is 1.55 bits per heavy atom. The second kappa shape index (κ2) is 3.53. The first-order chi connectivity index (χ1) is 5.15. The van der Waals surface area contributed by atoms with E-state index < -0.39 is 0 Å². The summed E-state index contributed by atoms with van der Waals surface area (Å²) in [6, 6.07) is 1.15. The van der Waals surface area contributed by atoms with Gasteiger partial charge in [-0.15, -0.1) is 0 Å². The molecule has 0 aromatic rings. The highest BCUT2D eigenvalue weighted by molar-refractivity contribution is 4.83. The molecule has 0 spiro atoms. The van der Waals surface area contributed by atoms with E-state index in [1.54, 1.807) is 0 Å². The van der Waals surface area contributed by atoms with Gasteiger partial charge in [0.1, 0.15) is 0 Å². The fraction of sp³-hybridized carbons (Fsp3) is 1.00. The highest BCUT2D eigenvalue weighted by atomic mass is 19.1. The molecule has 11 heavy (non-hydrogen) atoms. The summed E-state index contributed by atoms with van der Waals surface area (Å²) in [6.45, 7) is 7.35. The van der Waals surface area contributed by atoms with E-state index in [0.717, 1.165) is 13.0 Å². The Hall–Kier alpha value is -0.110. The van der Waals surface area contributed by atoms with Gasteiger partial charge in [-0.25, -0.2) is 0 Å². The first-order valence-electron chi connectivity index (χ1n) is 4.46. The van der Waals surface area contributed by atoms with E-state index in [4.69, 9.17) is 0 Å². The molecule has 1 rings (SSSR count). The maximum atomic E-state index is 12.3. The molecule has 1 aliphatic heterocycles. The minimum Gasteiger partial charge on any atom is -0.298 e. The highest BCUT2D eigenvalue weighted by Crippen LogP contribution is 2.24. The van der Waals surface area contributed by atoms with Crippen molar-refractivity contribution in [1.82, 2.24) is 4.90 Å². The Labute approximate surface area is 68.6 Å². The van der Waals surface area contributed by atoms with Gasteiger partial charge >= 0.3 is 0 Å². The van der Waals surface area contributed by atoms with Gasteiger partial charge < -0.3 is 0 Å². The van der Waals surface area contributed by atoms with Crippen molar-refractivity contribution < 1.29 is 4.39 Å². The Morgan fingerprint density at radius 2 is 2.18 bits per heavy atom. The number of nitrogens with zero attached hydrogens (tertiary/aromatic N) is 1. The SMILES string of the molecule is CC(C)N1C[C@H](CF)C[C@H]1C. The molecule has 1 nitrogen and oxygen atoms in total. The van der Waals surface area contributed by atoms with Crippen LogP contribution in [0.1, 0.15) is 27.2 Å². The lowest BCUT2D eigenvalue weighted by Crippen LogP contribution is -2.33. The van der Waals surface area contributed by atoms with Crippen LogP contribution in [0.3, 0.4) is 0 Å². The van der Waals surface area contributed by atoms with E-state index in [9.17, 15) is 4.39 Å². The first-order valence-corrected chi connectivity index (χ1v) is 4.46. The minimum absolute atomic E-state index is 0.145. The van der Waals surface area contributed by atoms with Crippen LogP contribution >= 0.6 is 0 Å². The number of hydrogen-bond donors (Lipinski definition) is 0. The topological polar surface area (TPSA) is 3.24 Å². The summed E-state index contributed by atoms with van der Waals surface area (Å²) in [4.78, 5) is 2.38. The molecule has 0 bridgehead atoms. The Kier molecular flexibility index (Phi) is 2.88. The van der Waals surface area contributed by atoms with Gasteiger partial charge in [-0.2, -0.15) is 0 Å². The Morgan fingerprint density at radius 3 is 2.45 bits per heavy atom. The maximum absolute atomic E-state index is 12.3. The standard InChI is InChI=1S/C9H18FN/c1-7(2)11-6-9(5-10)4-8(11)3/h7-9H,4-6H2,1-3H3/t8-,9+/m1/s1. The summed E-state index contributed by atoms with van der Waals surface area (Å²) in [6.07, 6.45) is 1.04. The molecule has 0 N–H and O–H groups in total. The number of likely N-dealkylation sites (tertiary alicyclic amines) is 1. The van der Waals surface area contributed by atoms with Crippen LogP contribution in [0.5, 0.6) is 0 Å². The van der Waals surface area contributed by atoms with Crippen LogP contribution in [0.25, 0.3) is 0 Å². The van der Waals surface area contributed by atoms with Gasteiger partial charge in [-0.1, -0.05) is 0 Å². The molecule has 1 fully saturated rings. The van der Waals surface area contributed by atoms with Crippen LogP contribution in [0.2, 0.25) is 0 Å². The van der Waals surface area contributed by atoms with E-state index in [2.05, 4.69) is 25.7 Å². The van der Waals surface area contributed by atoms with Crippen LogP contribution in [0.15, 0.2) is 0 Å². The molecule has 0 unspecified atom stereocenters. The third-order valence-corrected chi connectivity index (χ3v) is 2.59. The van der Waals surface area contributed by atoms with Gasteiger partial charge in [-0.3, -0.25) is 9.29 Å². The molecule has 0 aromatic heterocycles. The van der Waals surface area contributed by atoms with Crippen LogP contribution in [0.4, 0.5) is 4.39 Å². The summed E-state index contributed by atoms with van der Waals surface area (Å²) in [5.41, 5.74) is 0. The molecule has 0 aromatic carbocycles. The van der Waals surface area contributed by atoms with Crippen molar-refractivity contribution in [1.29, 1.82) is 0 Å². The predicted molar refractivity (Wildman–Crippen MR) is 45.4 cm³/mol. The van der Waals surface area contributed by atoms with Crippen molar-refractivity contribution in [2.75, 3.05) is 13.2 Å². The van der Waals surface area contributed by atoms with Gasteiger partial charge in [0.15, 0.2) is 0 Å². The number of alkyl halides is 1. The third kappa shape index (κ3) is 1.92. The molecular weight excluding hydrogens is 141 g/mol. The van der Waals surface area contributed by atoms with Crippen molar-refractivity contribution in [3.8, 4) is 0 Å². The zero-order chi connectivity index (χ0) is 8.43. The Balaban J connectivity index is 2.45. The van der Waals surface area contributed by atoms with E-state index in [0.29, 0.717) is 18.0 Å². The summed E-state index contributed by atoms with van der Waals surface area (Å²) in [7, 11) is 0. The van der Waals surface area contributed by atoms with E-state index in [1.165, 1.54) is 0 Å².